The van der Waals surface area contributed by atoms with Crippen LogP contribution in [0.15, 0.2) is 60.8 Å². The van der Waals surface area contributed by atoms with Gasteiger partial charge in [-0.25, -0.2) is 4.98 Å². The summed E-state index contributed by atoms with van der Waals surface area (Å²) in [5, 5.41) is 4.62. The SMILES string of the molecule is CCC(NC(=O)c1cc2ccc(Cl)cc2[nH]1)c1ncc(-c2ccccc2)[nH]1. The summed E-state index contributed by atoms with van der Waals surface area (Å²) in [6.45, 7) is 2.01. The molecule has 0 aliphatic heterocycles. The van der Waals surface area contributed by atoms with Gasteiger partial charge in [-0.3, -0.25) is 4.79 Å². The van der Waals surface area contributed by atoms with E-state index >= 15 is 0 Å². The third-order valence-corrected chi connectivity index (χ3v) is 4.79. The van der Waals surface area contributed by atoms with E-state index in [9.17, 15) is 4.79 Å². The predicted octanol–water partition coefficient (Wildman–Crippen LogP) is 5.09. The van der Waals surface area contributed by atoms with E-state index in [0.29, 0.717) is 10.7 Å². The van der Waals surface area contributed by atoms with Gasteiger partial charge in [0, 0.05) is 15.9 Å². The number of carbonyl (C=O) groups is 1. The summed E-state index contributed by atoms with van der Waals surface area (Å²) in [6, 6.07) is 17.1. The number of hydrogen-bond donors (Lipinski definition) is 3. The predicted molar refractivity (Wildman–Crippen MR) is 108 cm³/mol. The Kier molecular flexibility index (Phi) is 4.69. The Morgan fingerprint density at radius 3 is 2.74 bits per heavy atom. The summed E-state index contributed by atoms with van der Waals surface area (Å²) in [5.41, 5.74) is 3.33. The van der Waals surface area contributed by atoms with Gasteiger partial charge in [0.2, 0.25) is 0 Å². The number of fused-ring (bicyclic) bond motifs is 1. The molecule has 0 fully saturated rings. The summed E-state index contributed by atoms with van der Waals surface area (Å²) >= 11 is 6.01. The van der Waals surface area contributed by atoms with Crippen LogP contribution in [-0.2, 0) is 0 Å². The van der Waals surface area contributed by atoms with Crippen LogP contribution in [0, 0.1) is 0 Å². The Morgan fingerprint density at radius 1 is 1.15 bits per heavy atom. The lowest BCUT2D eigenvalue weighted by Gasteiger charge is -2.14. The molecule has 5 nitrogen and oxygen atoms in total. The highest BCUT2D eigenvalue weighted by Crippen LogP contribution is 2.22. The average molecular weight is 379 g/mol. The molecule has 4 aromatic rings. The second kappa shape index (κ2) is 7.29. The zero-order valence-corrected chi connectivity index (χ0v) is 15.5. The van der Waals surface area contributed by atoms with Gasteiger partial charge >= 0.3 is 0 Å². The number of amides is 1. The van der Waals surface area contributed by atoms with Crippen molar-refractivity contribution in [3.05, 3.63) is 77.3 Å². The van der Waals surface area contributed by atoms with Gasteiger partial charge in [-0.15, -0.1) is 0 Å². The van der Waals surface area contributed by atoms with Gasteiger partial charge in [-0.2, -0.15) is 0 Å². The highest BCUT2D eigenvalue weighted by Gasteiger charge is 2.18. The number of H-pyrrole nitrogens is 2. The lowest BCUT2D eigenvalue weighted by molar-refractivity contribution is 0.0929. The minimum absolute atomic E-state index is 0.174. The molecule has 1 atom stereocenters. The minimum atomic E-state index is -0.204. The van der Waals surface area contributed by atoms with Crippen LogP contribution in [0.3, 0.4) is 0 Å². The molecule has 2 aromatic carbocycles. The van der Waals surface area contributed by atoms with Crippen LogP contribution < -0.4 is 5.32 Å². The Hall–Kier alpha value is -3.05. The van der Waals surface area contributed by atoms with Crippen molar-refractivity contribution in [1.82, 2.24) is 20.3 Å². The number of imidazole rings is 1. The van der Waals surface area contributed by atoms with Crippen LogP contribution in [0.5, 0.6) is 0 Å². The maximum absolute atomic E-state index is 12.7. The Bertz CT molecular complexity index is 1080. The van der Waals surface area contributed by atoms with E-state index in [4.69, 9.17) is 11.6 Å². The van der Waals surface area contributed by atoms with Crippen molar-refractivity contribution in [2.45, 2.75) is 19.4 Å². The number of hydrogen-bond acceptors (Lipinski definition) is 2. The fourth-order valence-electron chi connectivity index (χ4n) is 3.10. The fourth-order valence-corrected chi connectivity index (χ4v) is 3.27. The van der Waals surface area contributed by atoms with E-state index in [1.807, 2.05) is 61.5 Å². The number of benzene rings is 2. The highest BCUT2D eigenvalue weighted by atomic mass is 35.5. The van der Waals surface area contributed by atoms with Crippen LogP contribution in [0.2, 0.25) is 5.02 Å². The van der Waals surface area contributed by atoms with Crippen LogP contribution in [-0.4, -0.2) is 20.9 Å². The minimum Gasteiger partial charge on any atom is -0.350 e. The molecule has 0 aliphatic rings. The summed E-state index contributed by atoms with van der Waals surface area (Å²) in [6.07, 6.45) is 2.52. The van der Waals surface area contributed by atoms with Gasteiger partial charge in [-0.1, -0.05) is 54.9 Å². The first-order valence-electron chi connectivity index (χ1n) is 8.83. The lowest BCUT2D eigenvalue weighted by Crippen LogP contribution is -2.29. The first kappa shape index (κ1) is 17.4. The molecule has 6 heteroatoms. The Morgan fingerprint density at radius 2 is 1.96 bits per heavy atom. The molecule has 27 heavy (non-hydrogen) atoms. The van der Waals surface area contributed by atoms with Gasteiger partial charge in [-0.05, 0) is 30.2 Å². The van der Waals surface area contributed by atoms with Crippen LogP contribution >= 0.6 is 11.6 Å². The average Bonchev–Trinajstić information content (AvgIpc) is 3.33. The molecule has 1 amide bonds. The third kappa shape index (κ3) is 3.59. The van der Waals surface area contributed by atoms with Crippen molar-refractivity contribution in [3.63, 3.8) is 0 Å². The molecule has 1 unspecified atom stereocenters. The molecule has 0 saturated carbocycles. The molecule has 0 bridgehead atoms. The molecule has 0 saturated heterocycles. The van der Waals surface area contributed by atoms with Crippen molar-refractivity contribution in [2.24, 2.45) is 0 Å². The molecular weight excluding hydrogens is 360 g/mol. The molecule has 136 valence electrons. The second-order valence-corrected chi connectivity index (χ2v) is 6.83. The summed E-state index contributed by atoms with van der Waals surface area (Å²) in [7, 11) is 0. The molecular formula is C21H19ClN4O. The molecule has 0 radical (unpaired) electrons. The number of aromatic nitrogens is 3. The van der Waals surface area contributed by atoms with Gasteiger partial charge in [0.25, 0.3) is 5.91 Å². The summed E-state index contributed by atoms with van der Waals surface area (Å²) in [5.74, 6) is 0.565. The molecule has 0 aliphatic carbocycles. The molecule has 2 heterocycles. The Labute approximate surface area is 161 Å². The number of nitrogens with one attached hydrogen (secondary N) is 3. The van der Waals surface area contributed by atoms with Gasteiger partial charge in [0.1, 0.15) is 11.5 Å². The van der Waals surface area contributed by atoms with E-state index in [1.54, 1.807) is 6.20 Å². The number of nitrogens with zero attached hydrogens (tertiary/aromatic N) is 1. The van der Waals surface area contributed by atoms with Gasteiger partial charge in [0.15, 0.2) is 0 Å². The first-order valence-corrected chi connectivity index (χ1v) is 9.21. The number of halogens is 1. The largest absolute Gasteiger partial charge is 0.350 e. The molecule has 3 N–H and O–H groups in total. The lowest BCUT2D eigenvalue weighted by atomic mass is 10.2. The van der Waals surface area contributed by atoms with Crippen molar-refractivity contribution in [1.29, 1.82) is 0 Å². The standard InChI is InChI=1S/C21H19ClN4O/c1-2-16(20-23-12-19(25-20)13-6-4-3-5-7-13)26-21(27)18-10-14-8-9-15(22)11-17(14)24-18/h3-12,16,24H,2H2,1H3,(H,23,25)(H,26,27). The van der Waals surface area contributed by atoms with E-state index in [2.05, 4.69) is 20.3 Å². The van der Waals surface area contributed by atoms with Crippen molar-refractivity contribution in [3.8, 4) is 11.3 Å². The zero-order chi connectivity index (χ0) is 18.8. The van der Waals surface area contributed by atoms with Crippen molar-refractivity contribution >= 4 is 28.4 Å². The summed E-state index contributed by atoms with van der Waals surface area (Å²) in [4.78, 5) is 23.6. The summed E-state index contributed by atoms with van der Waals surface area (Å²) < 4.78 is 0. The van der Waals surface area contributed by atoms with E-state index in [1.165, 1.54) is 0 Å². The molecule has 0 spiro atoms. The smallest absolute Gasteiger partial charge is 0.268 e. The normalized spacial score (nSPS) is 12.2. The van der Waals surface area contributed by atoms with Gasteiger partial charge in [0.05, 0.1) is 17.9 Å². The molecule has 4 rings (SSSR count). The monoisotopic (exact) mass is 378 g/mol. The molecule has 2 aromatic heterocycles. The quantitative estimate of drug-likeness (QED) is 0.452. The van der Waals surface area contributed by atoms with Crippen molar-refractivity contribution in [2.75, 3.05) is 0 Å². The second-order valence-electron chi connectivity index (χ2n) is 6.40. The van der Waals surface area contributed by atoms with Crippen LogP contribution in [0.1, 0.15) is 35.7 Å². The highest BCUT2D eigenvalue weighted by molar-refractivity contribution is 6.31. The van der Waals surface area contributed by atoms with E-state index < -0.39 is 0 Å². The fraction of sp³-hybridized carbons (Fsp3) is 0.143. The maximum Gasteiger partial charge on any atom is 0.268 e. The Balaban J connectivity index is 1.54. The zero-order valence-electron chi connectivity index (χ0n) is 14.8. The van der Waals surface area contributed by atoms with E-state index in [-0.39, 0.29) is 11.9 Å². The third-order valence-electron chi connectivity index (χ3n) is 4.55. The van der Waals surface area contributed by atoms with Crippen LogP contribution in [0.4, 0.5) is 0 Å². The number of rotatable bonds is 5. The number of carbonyl (C=O) groups excluding carboxylic acids is 1. The maximum atomic E-state index is 12.7. The van der Waals surface area contributed by atoms with Gasteiger partial charge < -0.3 is 15.3 Å². The first-order chi connectivity index (χ1) is 13.1. The van der Waals surface area contributed by atoms with E-state index in [0.717, 1.165) is 34.4 Å². The van der Waals surface area contributed by atoms with Crippen molar-refractivity contribution < 1.29 is 4.79 Å². The van der Waals surface area contributed by atoms with Crippen LogP contribution in [0.25, 0.3) is 22.2 Å². The topological polar surface area (TPSA) is 73.6 Å². The number of aromatic amines is 2.